The van der Waals surface area contributed by atoms with Gasteiger partial charge in [0.25, 0.3) is 5.56 Å². The zero-order valence-electron chi connectivity index (χ0n) is 24.3. The number of ether oxygens (including phenoxy) is 2. The Bertz CT molecular complexity index is 2290. The standard InChI is InChI=1S/C37H29N3O3S/c1-42-30-19-17-24(20-31(30)43-2)35-27-18-16-22-10-6-7-13-25(22)34(27)39-37-40(35)36(41)32(44-37)21-28-26-14-8-9-15-29(26)38-33(28)23-11-4-3-5-12-23/h3-15,17,19-21,35,38H,16,18H2,1-2H3/b32-21+/t35-/m1/s1. The van der Waals surface area contributed by atoms with Crippen LogP contribution in [-0.4, -0.2) is 23.8 Å². The third kappa shape index (κ3) is 4.15. The second-order valence-corrected chi connectivity index (χ2v) is 12.1. The lowest BCUT2D eigenvalue weighted by Gasteiger charge is -2.31. The van der Waals surface area contributed by atoms with Crippen LogP contribution in [0.4, 0.5) is 0 Å². The highest BCUT2D eigenvalue weighted by Crippen LogP contribution is 2.43. The number of hydrogen-bond acceptors (Lipinski definition) is 5. The van der Waals surface area contributed by atoms with Gasteiger partial charge in [0.1, 0.15) is 0 Å². The third-order valence-electron chi connectivity index (χ3n) is 8.68. The maximum atomic E-state index is 14.5. The highest BCUT2D eigenvalue weighted by molar-refractivity contribution is 7.07. The summed E-state index contributed by atoms with van der Waals surface area (Å²) in [6.07, 6.45) is 3.75. The molecule has 0 fully saturated rings. The highest BCUT2D eigenvalue weighted by atomic mass is 32.1. The Hall–Kier alpha value is -5.14. The van der Waals surface area contributed by atoms with E-state index >= 15 is 0 Å². The van der Waals surface area contributed by atoms with Crippen molar-refractivity contribution in [3.63, 3.8) is 0 Å². The lowest BCUT2D eigenvalue weighted by atomic mass is 9.83. The van der Waals surface area contributed by atoms with E-state index in [1.54, 1.807) is 14.2 Å². The first-order valence-electron chi connectivity index (χ1n) is 14.7. The van der Waals surface area contributed by atoms with Crippen LogP contribution in [0.5, 0.6) is 11.5 Å². The van der Waals surface area contributed by atoms with E-state index in [1.807, 2.05) is 59.2 Å². The van der Waals surface area contributed by atoms with Crippen molar-refractivity contribution < 1.29 is 9.47 Å². The Morgan fingerprint density at radius 3 is 2.50 bits per heavy atom. The number of aromatic nitrogens is 2. The summed E-state index contributed by atoms with van der Waals surface area (Å²) < 4.78 is 13.8. The number of allylic oxidation sites excluding steroid dienone is 1. The molecule has 1 N–H and O–H groups in total. The molecule has 3 heterocycles. The Balaban J connectivity index is 1.40. The SMILES string of the molecule is COc1ccc([C@@H]2C3=C(N=c4s/c(=C/c5c(-c6ccccc6)[nH]c6ccccc56)c(=O)n42)c2ccccc2CC3)cc1OC. The number of para-hydroxylation sites is 1. The van der Waals surface area contributed by atoms with Gasteiger partial charge in [-0.05, 0) is 59.4 Å². The molecule has 0 bridgehead atoms. The molecule has 0 saturated carbocycles. The average molecular weight is 596 g/mol. The fourth-order valence-electron chi connectivity index (χ4n) is 6.62. The van der Waals surface area contributed by atoms with Crippen LogP contribution in [0.1, 0.15) is 34.7 Å². The quantitative estimate of drug-likeness (QED) is 0.248. The topological polar surface area (TPSA) is 68.6 Å². The van der Waals surface area contributed by atoms with E-state index in [2.05, 4.69) is 53.5 Å². The van der Waals surface area contributed by atoms with Gasteiger partial charge in [-0.2, -0.15) is 0 Å². The molecule has 6 nitrogen and oxygen atoms in total. The number of benzene rings is 4. The van der Waals surface area contributed by atoms with Crippen molar-refractivity contribution >= 4 is 34.0 Å². The summed E-state index contributed by atoms with van der Waals surface area (Å²) in [6.45, 7) is 0. The van der Waals surface area contributed by atoms with E-state index < -0.39 is 0 Å². The van der Waals surface area contributed by atoms with Crippen molar-refractivity contribution in [3.8, 4) is 22.8 Å². The van der Waals surface area contributed by atoms with Gasteiger partial charge in [0.05, 0.1) is 36.2 Å². The largest absolute Gasteiger partial charge is 0.493 e. The predicted molar refractivity (Wildman–Crippen MR) is 176 cm³/mol. The fraction of sp³-hybridized carbons (Fsp3) is 0.135. The summed E-state index contributed by atoms with van der Waals surface area (Å²) >= 11 is 1.44. The summed E-state index contributed by atoms with van der Waals surface area (Å²) in [5, 5.41) is 1.07. The number of hydrogen-bond donors (Lipinski definition) is 1. The molecule has 6 aromatic rings. The smallest absolute Gasteiger partial charge is 0.271 e. The van der Waals surface area contributed by atoms with Gasteiger partial charge in [0.2, 0.25) is 0 Å². The van der Waals surface area contributed by atoms with Crippen LogP contribution in [0.25, 0.3) is 33.9 Å². The maximum Gasteiger partial charge on any atom is 0.271 e. The van der Waals surface area contributed by atoms with E-state index in [0.717, 1.165) is 63.0 Å². The van der Waals surface area contributed by atoms with E-state index in [9.17, 15) is 4.79 Å². The zero-order chi connectivity index (χ0) is 29.8. The van der Waals surface area contributed by atoms with Gasteiger partial charge in [0.15, 0.2) is 16.3 Å². The van der Waals surface area contributed by atoms with Gasteiger partial charge >= 0.3 is 0 Å². The first-order chi connectivity index (χ1) is 21.6. The molecule has 1 aliphatic carbocycles. The van der Waals surface area contributed by atoms with Crippen molar-refractivity contribution in [2.75, 3.05) is 14.2 Å². The molecular weight excluding hydrogens is 566 g/mol. The van der Waals surface area contributed by atoms with Crippen LogP contribution in [-0.2, 0) is 6.42 Å². The number of nitrogens with zero attached hydrogens (tertiary/aromatic N) is 2. The molecule has 0 saturated heterocycles. The summed E-state index contributed by atoms with van der Waals surface area (Å²) in [5.41, 5.74) is 9.53. The molecule has 0 spiro atoms. The molecule has 0 radical (unpaired) electrons. The number of H-pyrrole nitrogens is 1. The van der Waals surface area contributed by atoms with Crippen LogP contribution in [0, 0.1) is 0 Å². The van der Waals surface area contributed by atoms with Gasteiger partial charge in [-0.1, -0.05) is 90.2 Å². The lowest BCUT2D eigenvalue weighted by Crippen LogP contribution is -2.38. The molecule has 0 unspecified atom stereocenters. The van der Waals surface area contributed by atoms with Crippen LogP contribution < -0.4 is 24.4 Å². The minimum atomic E-state index is -0.312. The Morgan fingerprint density at radius 2 is 1.66 bits per heavy atom. The molecule has 1 aliphatic heterocycles. The number of rotatable bonds is 5. The molecule has 0 amide bonds. The Morgan fingerprint density at radius 1 is 0.886 bits per heavy atom. The van der Waals surface area contributed by atoms with Crippen molar-refractivity contribution in [2.24, 2.45) is 4.99 Å². The van der Waals surface area contributed by atoms with Gasteiger partial charge in [-0.25, -0.2) is 4.99 Å². The molecular formula is C37H29N3O3S. The predicted octanol–water partition coefficient (Wildman–Crippen LogP) is 6.48. The van der Waals surface area contributed by atoms with Crippen LogP contribution >= 0.6 is 11.3 Å². The third-order valence-corrected chi connectivity index (χ3v) is 9.66. The van der Waals surface area contributed by atoms with Gasteiger partial charge < -0.3 is 14.5 Å². The van der Waals surface area contributed by atoms with E-state index in [0.29, 0.717) is 20.8 Å². The minimum absolute atomic E-state index is 0.0526. The zero-order valence-corrected chi connectivity index (χ0v) is 25.2. The van der Waals surface area contributed by atoms with Crippen LogP contribution in [0.3, 0.4) is 0 Å². The molecule has 7 heteroatoms. The number of fused-ring (bicyclic) bond motifs is 4. The Labute approximate surface area is 257 Å². The van der Waals surface area contributed by atoms with Gasteiger partial charge in [0, 0.05) is 22.0 Å². The Kier molecular flexibility index (Phi) is 6.34. The molecule has 1 atom stereocenters. The van der Waals surface area contributed by atoms with Crippen LogP contribution in [0.2, 0.25) is 0 Å². The molecule has 44 heavy (non-hydrogen) atoms. The van der Waals surface area contributed by atoms with Crippen LogP contribution in [0.15, 0.2) is 112 Å². The molecule has 216 valence electrons. The van der Waals surface area contributed by atoms with Gasteiger partial charge in [-0.15, -0.1) is 0 Å². The summed E-state index contributed by atoms with van der Waals surface area (Å²) in [5.74, 6) is 1.29. The minimum Gasteiger partial charge on any atom is -0.493 e. The summed E-state index contributed by atoms with van der Waals surface area (Å²) in [7, 11) is 3.27. The number of nitrogens with one attached hydrogen (secondary N) is 1. The van der Waals surface area contributed by atoms with Crippen molar-refractivity contribution in [1.82, 2.24) is 9.55 Å². The van der Waals surface area contributed by atoms with Crippen molar-refractivity contribution in [2.45, 2.75) is 18.9 Å². The number of methoxy groups -OCH3 is 2. The number of aromatic amines is 1. The molecule has 4 aromatic carbocycles. The number of thiazole rings is 1. The van der Waals surface area contributed by atoms with Crippen molar-refractivity contribution in [1.29, 1.82) is 0 Å². The second-order valence-electron chi connectivity index (χ2n) is 11.1. The first kappa shape index (κ1) is 26.5. The van der Waals surface area contributed by atoms with E-state index in [-0.39, 0.29) is 11.6 Å². The molecule has 2 aliphatic rings. The van der Waals surface area contributed by atoms with E-state index in [1.165, 1.54) is 16.9 Å². The van der Waals surface area contributed by atoms with Gasteiger partial charge in [-0.3, -0.25) is 9.36 Å². The molecule has 8 rings (SSSR count). The second kappa shape index (κ2) is 10.5. The average Bonchev–Trinajstić information content (AvgIpc) is 3.60. The molecule has 2 aromatic heterocycles. The lowest BCUT2D eigenvalue weighted by molar-refractivity contribution is 0.354. The first-order valence-corrected chi connectivity index (χ1v) is 15.5. The number of aryl methyl sites for hydroxylation is 1. The fourth-order valence-corrected chi connectivity index (χ4v) is 7.61. The maximum absolute atomic E-state index is 14.5. The normalized spacial score (nSPS) is 15.9. The summed E-state index contributed by atoms with van der Waals surface area (Å²) in [4.78, 5) is 24.0. The van der Waals surface area contributed by atoms with Crippen molar-refractivity contribution in [3.05, 3.63) is 145 Å². The highest BCUT2D eigenvalue weighted by Gasteiger charge is 2.33. The van der Waals surface area contributed by atoms with E-state index in [4.69, 9.17) is 14.5 Å². The summed E-state index contributed by atoms with van der Waals surface area (Å²) in [6, 6.07) is 32.6. The monoisotopic (exact) mass is 595 g/mol.